The number of rotatable bonds is 2. The summed E-state index contributed by atoms with van der Waals surface area (Å²) in [6.45, 7) is 0. The number of nitrogens with zero attached hydrogens (tertiary/aromatic N) is 1. The van der Waals surface area contributed by atoms with Gasteiger partial charge in [0.1, 0.15) is 0 Å². The summed E-state index contributed by atoms with van der Waals surface area (Å²) in [4.78, 5) is 10.4. The molecule has 0 heterocycles. The van der Waals surface area contributed by atoms with Gasteiger partial charge in [0.15, 0.2) is 0 Å². The van der Waals surface area contributed by atoms with Crippen LogP contribution in [0.5, 0.6) is 0 Å². The van der Waals surface area contributed by atoms with Gasteiger partial charge in [-0.2, -0.15) is 5.26 Å². The van der Waals surface area contributed by atoms with Gasteiger partial charge < -0.3 is 5.11 Å². The summed E-state index contributed by atoms with van der Waals surface area (Å²) in [6.07, 6.45) is -0.0339. The number of benzene rings is 1. The number of aliphatic carboxylic acids is 1. The lowest BCUT2D eigenvalue weighted by Gasteiger charge is -2.00. The van der Waals surface area contributed by atoms with Gasteiger partial charge in [0.25, 0.3) is 0 Å². The minimum absolute atomic E-state index is 0.0339. The molecule has 4 heteroatoms. The standard InChI is InChI=1S/C9H6INO2/c10-8-2-1-6(5-11)3-7(8)4-9(12)13/h1-3H,4H2,(H,12,13). The summed E-state index contributed by atoms with van der Waals surface area (Å²) < 4.78 is 0.874. The molecule has 1 rings (SSSR count). The van der Waals surface area contributed by atoms with Crippen molar-refractivity contribution in [2.24, 2.45) is 0 Å². The van der Waals surface area contributed by atoms with Crippen molar-refractivity contribution >= 4 is 28.6 Å². The van der Waals surface area contributed by atoms with Crippen LogP contribution in [-0.4, -0.2) is 11.1 Å². The number of carbonyl (C=O) groups is 1. The molecule has 1 aromatic carbocycles. The maximum atomic E-state index is 10.4. The Bertz CT molecular complexity index is 382. The largest absolute Gasteiger partial charge is 0.481 e. The minimum atomic E-state index is -0.881. The molecule has 0 aliphatic rings. The van der Waals surface area contributed by atoms with E-state index in [-0.39, 0.29) is 6.42 Å². The molecule has 0 aliphatic carbocycles. The van der Waals surface area contributed by atoms with Gasteiger partial charge in [0.2, 0.25) is 0 Å². The molecule has 0 amide bonds. The monoisotopic (exact) mass is 287 g/mol. The molecule has 0 atom stereocenters. The molecular weight excluding hydrogens is 281 g/mol. The number of nitriles is 1. The van der Waals surface area contributed by atoms with Gasteiger partial charge in [-0.3, -0.25) is 4.79 Å². The molecule has 0 bridgehead atoms. The summed E-state index contributed by atoms with van der Waals surface area (Å²) in [5, 5.41) is 17.2. The highest BCUT2D eigenvalue weighted by Gasteiger charge is 2.05. The third kappa shape index (κ3) is 2.70. The van der Waals surface area contributed by atoms with Gasteiger partial charge in [-0.25, -0.2) is 0 Å². The molecule has 0 spiro atoms. The maximum Gasteiger partial charge on any atom is 0.307 e. The van der Waals surface area contributed by atoms with Gasteiger partial charge in [-0.15, -0.1) is 0 Å². The molecule has 0 unspecified atom stereocenters. The van der Waals surface area contributed by atoms with E-state index in [2.05, 4.69) is 22.6 Å². The highest BCUT2D eigenvalue weighted by molar-refractivity contribution is 14.1. The zero-order chi connectivity index (χ0) is 9.84. The lowest BCUT2D eigenvalue weighted by Crippen LogP contribution is -2.02. The average molecular weight is 287 g/mol. The van der Waals surface area contributed by atoms with Crippen LogP contribution in [-0.2, 0) is 11.2 Å². The van der Waals surface area contributed by atoms with Crippen molar-refractivity contribution in [1.29, 1.82) is 5.26 Å². The van der Waals surface area contributed by atoms with Crippen LogP contribution >= 0.6 is 22.6 Å². The molecule has 13 heavy (non-hydrogen) atoms. The Morgan fingerprint density at radius 1 is 1.62 bits per heavy atom. The first-order valence-electron chi connectivity index (χ1n) is 3.54. The van der Waals surface area contributed by atoms with Crippen molar-refractivity contribution in [2.75, 3.05) is 0 Å². The van der Waals surface area contributed by atoms with E-state index in [1.807, 2.05) is 6.07 Å². The molecule has 1 N–H and O–H groups in total. The first-order valence-corrected chi connectivity index (χ1v) is 4.61. The van der Waals surface area contributed by atoms with E-state index in [0.717, 1.165) is 3.57 Å². The van der Waals surface area contributed by atoms with Crippen LogP contribution in [0.1, 0.15) is 11.1 Å². The number of hydrogen-bond donors (Lipinski definition) is 1. The quantitative estimate of drug-likeness (QED) is 0.843. The maximum absolute atomic E-state index is 10.4. The van der Waals surface area contributed by atoms with E-state index in [1.54, 1.807) is 18.2 Å². The van der Waals surface area contributed by atoms with Crippen molar-refractivity contribution < 1.29 is 9.90 Å². The lowest BCUT2D eigenvalue weighted by atomic mass is 10.1. The second kappa shape index (κ2) is 4.23. The van der Waals surface area contributed by atoms with Gasteiger partial charge in [0.05, 0.1) is 18.1 Å². The molecular formula is C9H6INO2. The van der Waals surface area contributed by atoms with Crippen LogP contribution in [0.25, 0.3) is 0 Å². The fraction of sp³-hybridized carbons (Fsp3) is 0.111. The third-order valence-corrected chi connectivity index (χ3v) is 2.57. The van der Waals surface area contributed by atoms with E-state index in [4.69, 9.17) is 10.4 Å². The molecule has 0 radical (unpaired) electrons. The Hall–Kier alpha value is -1.09. The van der Waals surface area contributed by atoms with Gasteiger partial charge in [0, 0.05) is 3.57 Å². The number of hydrogen-bond acceptors (Lipinski definition) is 2. The van der Waals surface area contributed by atoms with E-state index in [1.165, 1.54) is 0 Å². The predicted octanol–water partition coefficient (Wildman–Crippen LogP) is 1.79. The Balaban J connectivity index is 3.05. The Morgan fingerprint density at radius 3 is 2.85 bits per heavy atom. The second-order valence-corrected chi connectivity index (χ2v) is 3.65. The summed E-state index contributed by atoms with van der Waals surface area (Å²) in [5.74, 6) is -0.881. The predicted molar refractivity (Wildman–Crippen MR) is 55.2 cm³/mol. The van der Waals surface area contributed by atoms with Crippen LogP contribution in [0.4, 0.5) is 0 Å². The topological polar surface area (TPSA) is 61.1 Å². The lowest BCUT2D eigenvalue weighted by molar-refractivity contribution is -0.136. The third-order valence-electron chi connectivity index (χ3n) is 1.52. The van der Waals surface area contributed by atoms with Gasteiger partial charge in [-0.05, 0) is 46.4 Å². The summed E-state index contributed by atoms with van der Waals surface area (Å²) in [5.41, 5.74) is 1.18. The van der Waals surface area contributed by atoms with E-state index in [0.29, 0.717) is 11.1 Å². The highest BCUT2D eigenvalue weighted by Crippen LogP contribution is 2.14. The number of halogens is 1. The molecule has 1 aromatic rings. The number of carboxylic acid groups (broad SMARTS) is 1. The smallest absolute Gasteiger partial charge is 0.307 e. The van der Waals surface area contributed by atoms with Crippen LogP contribution in [0.15, 0.2) is 18.2 Å². The van der Waals surface area contributed by atoms with Crippen LogP contribution in [0.3, 0.4) is 0 Å². The first-order chi connectivity index (χ1) is 6.13. The summed E-state index contributed by atoms with van der Waals surface area (Å²) in [6, 6.07) is 7.00. The number of carboxylic acids is 1. The van der Waals surface area contributed by atoms with E-state index in [9.17, 15) is 4.79 Å². The fourth-order valence-corrected chi connectivity index (χ4v) is 1.47. The first kappa shape index (κ1) is 9.99. The molecule has 0 aliphatic heterocycles. The normalized spacial score (nSPS) is 9.23. The minimum Gasteiger partial charge on any atom is -0.481 e. The highest BCUT2D eigenvalue weighted by atomic mass is 127. The Labute approximate surface area is 89.1 Å². The molecule has 0 saturated heterocycles. The van der Waals surface area contributed by atoms with Crippen molar-refractivity contribution in [2.45, 2.75) is 6.42 Å². The summed E-state index contributed by atoms with van der Waals surface area (Å²) >= 11 is 2.05. The fourth-order valence-electron chi connectivity index (χ4n) is 0.943. The average Bonchev–Trinajstić information content (AvgIpc) is 2.08. The van der Waals surface area contributed by atoms with Crippen LogP contribution in [0.2, 0.25) is 0 Å². The van der Waals surface area contributed by atoms with Gasteiger partial charge >= 0.3 is 5.97 Å². The van der Waals surface area contributed by atoms with Gasteiger partial charge in [-0.1, -0.05) is 0 Å². The molecule has 3 nitrogen and oxygen atoms in total. The van der Waals surface area contributed by atoms with Crippen LogP contribution < -0.4 is 0 Å². The van der Waals surface area contributed by atoms with Crippen molar-refractivity contribution in [3.63, 3.8) is 0 Å². The zero-order valence-electron chi connectivity index (χ0n) is 6.62. The van der Waals surface area contributed by atoms with E-state index >= 15 is 0 Å². The zero-order valence-corrected chi connectivity index (χ0v) is 8.78. The second-order valence-electron chi connectivity index (χ2n) is 2.49. The SMILES string of the molecule is N#Cc1ccc(I)c(CC(=O)O)c1. The Kier molecular flexibility index (Phi) is 3.25. The van der Waals surface area contributed by atoms with Crippen molar-refractivity contribution in [3.8, 4) is 6.07 Å². The van der Waals surface area contributed by atoms with Crippen molar-refractivity contribution in [3.05, 3.63) is 32.9 Å². The molecule has 66 valence electrons. The molecule has 0 fully saturated rings. The summed E-state index contributed by atoms with van der Waals surface area (Å²) in [7, 11) is 0. The molecule has 0 saturated carbocycles. The molecule has 0 aromatic heterocycles. The van der Waals surface area contributed by atoms with Crippen LogP contribution in [0, 0.1) is 14.9 Å². The van der Waals surface area contributed by atoms with Crippen molar-refractivity contribution in [1.82, 2.24) is 0 Å². The van der Waals surface area contributed by atoms with E-state index < -0.39 is 5.97 Å². The Morgan fingerprint density at radius 2 is 2.31 bits per heavy atom.